The van der Waals surface area contributed by atoms with E-state index in [0.29, 0.717) is 11.9 Å². The lowest BCUT2D eigenvalue weighted by Gasteiger charge is -2.23. The number of nitrogens with one attached hydrogen (secondary N) is 1. The van der Waals surface area contributed by atoms with Crippen molar-refractivity contribution in [3.8, 4) is 67.3 Å². The number of nitrogens with zero attached hydrogens (tertiary/aromatic N) is 2. The van der Waals surface area contributed by atoms with Gasteiger partial charge in [0.2, 0.25) is 0 Å². The number of para-hydroxylation sites is 1. The Morgan fingerprint density at radius 2 is 1.11 bits per heavy atom. The lowest BCUT2D eigenvalue weighted by Crippen LogP contribution is -2.15. The maximum Gasteiger partial charge on any atom is 0.160 e. The third kappa shape index (κ3) is 5.25. The highest BCUT2D eigenvalue weighted by Gasteiger charge is 2.37. The second-order valence-electron chi connectivity index (χ2n) is 15.4. The summed E-state index contributed by atoms with van der Waals surface area (Å²) in [6.07, 6.45) is 0. The van der Waals surface area contributed by atoms with Gasteiger partial charge in [-0.25, -0.2) is 9.97 Å². The molecule has 1 saturated heterocycles. The molecular weight excluding hydrogens is 671 g/mol. The molecule has 1 atom stereocenters. The SMILES string of the molecule is CC1(C)c2cc(-c3ccc4oc5ccccc5c4c3-c3ccc(-c4cc(-c5ccccc5)nc(-c5ccccc5)n4)cc3)ccc2-c2ccc(C3CN3)cc21. The van der Waals surface area contributed by atoms with E-state index in [1.54, 1.807) is 0 Å². The highest BCUT2D eigenvalue weighted by atomic mass is 16.3. The molecule has 9 aromatic rings. The lowest BCUT2D eigenvalue weighted by atomic mass is 9.80. The van der Waals surface area contributed by atoms with Crippen molar-refractivity contribution in [2.75, 3.05) is 6.54 Å². The maximum absolute atomic E-state index is 6.47. The minimum Gasteiger partial charge on any atom is -0.456 e. The first-order valence-corrected chi connectivity index (χ1v) is 19.1. The van der Waals surface area contributed by atoms with Gasteiger partial charge in [0, 0.05) is 51.0 Å². The van der Waals surface area contributed by atoms with Crippen molar-refractivity contribution >= 4 is 21.9 Å². The molecule has 2 aliphatic rings. The van der Waals surface area contributed by atoms with Crippen molar-refractivity contribution in [1.82, 2.24) is 15.3 Å². The van der Waals surface area contributed by atoms with Crippen LogP contribution in [-0.2, 0) is 5.41 Å². The van der Waals surface area contributed by atoms with E-state index >= 15 is 0 Å². The fourth-order valence-corrected chi connectivity index (χ4v) is 8.67. The summed E-state index contributed by atoms with van der Waals surface area (Å²) in [6, 6.07) is 58.9. The molecule has 1 N–H and O–H groups in total. The normalized spacial score (nSPS) is 15.3. The van der Waals surface area contributed by atoms with Gasteiger partial charge in [0.05, 0.1) is 11.4 Å². The molecule has 11 rings (SSSR count). The summed E-state index contributed by atoms with van der Waals surface area (Å²) in [4.78, 5) is 10.1. The first-order chi connectivity index (χ1) is 27.0. The molecule has 1 aliphatic heterocycles. The van der Waals surface area contributed by atoms with Crippen LogP contribution in [0.2, 0.25) is 0 Å². The molecule has 1 unspecified atom stereocenters. The average molecular weight is 708 g/mol. The number of fused-ring (bicyclic) bond motifs is 6. The van der Waals surface area contributed by atoms with Crippen LogP contribution in [0.3, 0.4) is 0 Å². The van der Waals surface area contributed by atoms with Gasteiger partial charge < -0.3 is 9.73 Å². The van der Waals surface area contributed by atoms with Crippen molar-refractivity contribution in [3.63, 3.8) is 0 Å². The van der Waals surface area contributed by atoms with Gasteiger partial charge >= 0.3 is 0 Å². The standard InChI is InChI=1S/C51H37N3O/c1-51(2)41-27-35(21-23-38(41)39-24-22-36(28-42(39)51)45-30-52-45)37-25-26-47-49(40-15-9-10-16-46(40)55-47)48(37)33-19-17-32(18-20-33)44-29-43(31-11-5-3-6-12-31)53-50(54-44)34-13-7-4-8-14-34/h3-29,45,52H,30H2,1-2H3. The molecule has 0 radical (unpaired) electrons. The Kier molecular flexibility index (Phi) is 7.07. The molecule has 0 amide bonds. The van der Waals surface area contributed by atoms with Crippen LogP contribution in [0, 0.1) is 0 Å². The number of hydrogen-bond acceptors (Lipinski definition) is 4. The summed E-state index contributed by atoms with van der Waals surface area (Å²) in [5.41, 5.74) is 18.0. The zero-order valence-corrected chi connectivity index (χ0v) is 30.7. The highest BCUT2D eigenvalue weighted by Crippen LogP contribution is 2.52. The van der Waals surface area contributed by atoms with Gasteiger partial charge in [-0.3, -0.25) is 0 Å². The van der Waals surface area contributed by atoms with Crippen LogP contribution < -0.4 is 5.32 Å². The number of rotatable bonds is 6. The Morgan fingerprint density at radius 3 is 1.84 bits per heavy atom. The molecule has 55 heavy (non-hydrogen) atoms. The first-order valence-electron chi connectivity index (χ1n) is 19.1. The highest BCUT2D eigenvalue weighted by molar-refractivity contribution is 6.16. The van der Waals surface area contributed by atoms with Gasteiger partial charge in [0.1, 0.15) is 11.2 Å². The molecule has 1 aliphatic carbocycles. The van der Waals surface area contributed by atoms with Gasteiger partial charge in [-0.2, -0.15) is 0 Å². The predicted molar refractivity (Wildman–Crippen MR) is 225 cm³/mol. The summed E-state index contributed by atoms with van der Waals surface area (Å²) >= 11 is 0. The van der Waals surface area contributed by atoms with Crippen molar-refractivity contribution in [3.05, 3.63) is 180 Å². The molecular formula is C51H37N3O. The molecule has 0 bridgehead atoms. The molecule has 0 saturated carbocycles. The van der Waals surface area contributed by atoms with E-state index in [9.17, 15) is 0 Å². The van der Waals surface area contributed by atoms with Gasteiger partial charge in [-0.05, 0) is 68.8 Å². The molecule has 2 aromatic heterocycles. The molecule has 0 spiro atoms. The molecule has 4 nitrogen and oxygen atoms in total. The molecule has 4 heteroatoms. The fourth-order valence-electron chi connectivity index (χ4n) is 8.67. The van der Waals surface area contributed by atoms with Crippen LogP contribution in [0.15, 0.2) is 168 Å². The third-order valence-electron chi connectivity index (χ3n) is 11.7. The summed E-state index contributed by atoms with van der Waals surface area (Å²) < 4.78 is 6.47. The van der Waals surface area contributed by atoms with Crippen LogP contribution in [0.4, 0.5) is 0 Å². The number of aromatic nitrogens is 2. The van der Waals surface area contributed by atoms with Gasteiger partial charge in [-0.15, -0.1) is 0 Å². The summed E-state index contributed by atoms with van der Waals surface area (Å²) in [5.74, 6) is 0.708. The van der Waals surface area contributed by atoms with Crippen molar-refractivity contribution in [2.24, 2.45) is 0 Å². The third-order valence-corrected chi connectivity index (χ3v) is 11.7. The number of furan rings is 1. The minimum absolute atomic E-state index is 0.116. The van der Waals surface area contributed by atoms with E-state index in [0.717, 1.165) is 62.1 Å². The maximum atomic E-state index is 6.47. The molecule has 1 fully saturated rings. The van der Waals surface area contributed by atoms with Crippen LogP contribution in [0.1, 0.15) is 36.6 Å². The van der Waals surface area contributed by atoms with E-state index in [2.05, 4.69) is 153 Å². The van der Waals surface area contributed by atoms with Crippen LogP contribution in [0.25, 0.3) is 89.2 Å². The number of benzene rings is 7. The van der Waals surface area contributed by atoms with E-state index < -0.39 is 0 Å². The van der Waals surface area contributed by atoms with Gasteiger partial charge in [-0.1, -0.05) is 153 Å². The molecule has 262 valence electrons. The monoisotopic (exact) mass is 707 g/mol. The Hall–Kier alpha value is -6.62. The zero-order chi connectivity index (χ0) is 36.7. The van der Waals surface area contributed by atoms with E-state index in [1.165, 1.54) is 44.5 Å². The van der Waals surface area contributed by atoms with E-state index in [-0.39, 0.29) is 5.41 Å². The van der Waals surface area contributed by atoms with Crippen LogP contribution >= 0.6 is 0 Å². The molecule has 3 heterocycles. The average Bonchev–Trinajstić information content (AvgIpc) is 3.99. The summed E-state index contributed by atoms with van der Waals surface area (Å²) in [6.45, 7) is 5.81. The van der Waals surface area contributed by atoms with Gasteiger partial charge in [0.25, 0.3) is 0 Å². The quantitative estimate of drug-likeness (QED) is 0.175. The minimum atomic E-state index is -0.116. The molecule has 7 aromatic carbocycles. The van der Waals surface area contributed by atoms with E-state index in [1.807, 2.05) is 30.3 Å². The van der Waals surface area contributed by atoms with Crippen LogP contribution in [-0.4, -0.2) is 16.5 Å². The Labute approximate surface area is 320 Å². The Balaban J connectivity index is 1.06. The number of hydrogen-bond donors (Lipinski definition) is 1. The Bertz CT molecular complexity index is 2880. The van der Waals surface area contributed by atoms with Crippen molar-refractivity contribution in [1.29, 1.82) is 0 Å². The summed E-state index contributed by atoms with van der Waals surface area (Å²) in [5, 5.41) is 5.73. The van der Waals surface area contributed by atoms with Gasteiger partial charge in [0.15, 0.2) is 5.82 Å². The first kappa shape index (κ1) is 31.9. The second-order valence-corrected chi connectivity index (χ2v) is 15.4. The van der Waals surface area contributed by atoms with Crippen LogP contribution in [0.5, 0.6) is 0 Å². The largest absolute Gasteiger partial charge is 0.456 e. The lowest BCUT2D eigenvalue weighted by molar-refractivity contribution is 0.659. The predicted octanol–water partition coefficient (Wildman–Crippen LogP) is 12.7. The summed E-state index contributed by atoms with van der Waals surface area (Å²) in [7, 11) is 0. The van der Waals surface area contributed by atoms with Crippen molar-refractivity contribution in [2.45, 2.75) is 25.3 Å². The second kappa shape index (κ2) is 12.2. The Morgan fingerprint density at radius 1 is 0.527 bits per heavy atom. The fraction of sp³-hybridized carbons (Fsp3) is 0.0980. The van der Waals surface area contributed by atoms with E-state index in [4.69, 9.17) is 14.4 Å². The zero-order valence-electron chi connectivity index (χ0n) is 30.7. The smallest absolute Gasteiger partial charge is 0.160 e. The van der Waals surface area contributed by atoms with Crippen molar-refractivity contribution < 1.29 is 4.42 Å². The topological polar surface area (TPSA) is 60.9 Å².